The summed E-state index contributed by atoms with van der Waals surface area (Å²) in [5.74, 6) is 0. The highest BCUT2D eigenvalue weighted by Crippen LogP contribution is 2.27. The van der Waals surface area contributed by atoms with E-state index in [0.717, 1.165) is 16.7 Å². The van der Waals surface area contributed by atoms with Gasteiger partial charge in [0.2, 0.25) is 0 Å². The molecule has 0 unspecified atom stereocenters. The van der Waals surface area contributed by atoms with Crippen LogP contribution in [0.4, 0.5) is 10.5 Å². The van der Waals surface area contributed by atoms with Gasteiger partial charge in [0.25, 0.3) is 0 Å². The van der Waals surface area contributed by atoms with Crippen molar-refractivity contribution >= 4 is 17.4 Å². The summed E-state index contributed by atoms with van der Waals surface area (Å²) in [7, 11) is 0. The summed E-state index contributed by atoms with van der Waals surface area (Å²) >= 11 is 0. The Kier molecular flexibility index (Phi) is 4.02. The molecule has 2 heterocycles. The fourth-order valence-electron chi connectivity index (χ4n) is 2.10. The van der Waals surface area contributed by atoms with Crippen molar-refractivity contribution in [2.24, 2.45) is 0 Å². The number of anilines is 1. The predicted molar refractivity (Wildman–Crippen MR) is 83.3 cm³/mol. The number of ether oxygens (including phenoxy) is 1. The van der Waals surface area contributed by atoms with E-state index < -0.39 is 5.60 Å². The number of carbonyl (C=O) groups is 1. The van der Waals surface area contributed by atoms with Crippen molar-refractivity contribution in [3.05, 3.63) is 41.9 Å². The molecular weight excluding hydrogens is 266 g/mol. The van der Waals surface area contributed by atoms with Crippen LogP contribution in [0.3, 0.4) is 0 Å². The van der Waals surface area contributed by atoms with Crippen LogP contribution in [0.1, 0.15) is 33.3 Å². The van der Waals surface area contributed by atoms with Crippen LogP contribution in [-0.2, 0) is 4.74 Å². The minimum absolute atomic E-state index is 0.345. The number of pyridine rings is 1. The van der Waals surface area contributed by atoms with Gasteiger partial charge in [-0.15, -0.1) is 0 Å². The number of nitrogens with two attached hydrogens (primary N) is 1. The molecule has 1 aromatic heterocycles. The van der Waals surface area contributed by atoms with E-state index in [9.17, 15) is 4.79 Å². The summed E-state index contributed by atoms with van der Waals surface area (Å²) in [6.07, 6.45) is 6.81. The number of carbonyl (C=O) groups excluding carboxylic acids is 1. The predicted octanol–water partition coefficient (Wildman–Crippen LogP) is 3.20. The normalized spacial score (nSPS) is 15.3. The second kappa shape index (κ2) is 5.60. The minimum atomic E-state index is -0.499. The molecule has 0 aliphatic carbocycles. The number of hydrogen-bond donors (Lipinski definition) is 1. The second-order valence-electron chi connectivity index (χ2n) is 6.07. The Bertz CT molecular complexity index is 612. The second-order valence-corrected chi connectivity index (χ2v) is 6.07. The van der Waals surface area contributed by atoms with Crippen LogP contribution in [0.15, 0.2) is 36.3 Å². The molecule has 1 aromatic rings. The first-order chi connectivity index (χ1) is 9.76. The fraction of sp³-hybridized carbons (Fsp3) is 0.375. The molecule has 1 amide bonds. The van der Waals surface area contributed by atoms with Gasteiger partial charge in [-0.2, -0.15) is 0 Å². The average Bonchev–Trinajstić information content (AvgIpc) is 2.36. The summed E-state index contributed by atoms with van der Waals surface area (Å²) < 4.78 is 5.37. The fourth-order valence-corrected chi connectivity index (χ4v) is 2.10. The van der Waals surface area contributed by atoms with Gasteiger partial charge in [0.15, 0.2) is 0 Å². The molecule has 0 bridgehead atoms. The van der Waals surface area contributed by atoms with Crippen molar-refractivity contribution in [2.75, 3.05) is 12.3 Å². The lowest BCUT2D eigenvalue weighted by Crippen LogP contribution is -2.35. The molecule has 2 rings (SSSR count). The molecule has 112 valence electrons. The molecule has 5 nitrogen and oxygen atoms in total. The summed E-state index contributed by atoms with van der Waals surface area (Å²) in [6.45, 7) is 7.98. The number of allylic oxidation sites excluding steroid dienone is 2. The van der Waals surface area contributed by atoms with E-state index in [1.54, 1.807) is 23.5 Å². The highest BCUT2D eigenvalue weighted by Gasteiger charge is 2.23. The van der Waals surface area contributed by atoms with Gasteiger partial charge in [-0.05, 0) is 44.9 Å². The maximum Gasteiger partial charge on any atom is 0.414 e. The largest absolute Gasteiger partial charge is 0.443 e. The van der Waals surface area contributed by atoms with Gasteiger partial charge in [0.1, 0.15) is 5.60 Å². The third kappa shape index (κ3) is 3.84. The van der Waals surface area contributed by atoms with E-state index in [0.29, 0.717) is 12.2 Å². The topological polar surface area (TPSA) is 68.5 Å². The Morgan fingerprint density at radius 1 is 1.38 bits per heavy atom. The molecule has 0 saturated heterocycles. The molecule has 21 heavy (non-hydrogen) atoms. The van der Waals surface area contributed by atoms with E-state index >= 15 is 0 Å². The van der Waals surface area contributed by atoms with Crippen molar-refractivity contribution in [3.8, 4) is 0 Å². The van der Waals surface area contributed by atoms with E-state index in [1.807, 2.05) is 39.8 Å². The summed E-state index contributed by atoms with van der Waals surface area (Å²) in [4.78, 5) is 17.7. The standard InChI is InChI=1S/C16H21N3O2/c1-11-10-19(15(20)21-16(2,3)4)6-5-14(11)12-7-13(17)9-18-8-12/h5,7-10H,6,17H2,1-4H3. The third-order valence-electron chi connectivity index (χ3n) is 2.96. The first-order valence-electron chi connectivity index (χ1n) is 6.86. The first kappa shape index (κ1) is 15.1. The molecular formula is C16H21N3O2. The Balaban J connectivity index is 2.16. The monoisotopic (exact) mass is 287 g/mol. The van der Waals surface area contributed by atoms with Crippen LogP contribution in [-0.4, -0.2) is 28.1 Å². The zero-order valence-corrected chi connectivity index (χ0v) is 12.9. The highest BCUT2D eigenvalue weighted by molar-refractivity contribution is 5.82. The molecule has 0 saturated carbocycles. The quantitative estimate of drug-likeness (QED) is 0.861. The number of rotatable bonds is 1. The minimum Gasteiger partial charge on any atom is -0.443 e. The van der Waals surface area contributed by atoms with Gasteiger partial charge in [-0.25, -0.2) is 4.79 Å². The van der Waals surface area contributed by atoms with Gasteiger partial charge >= 0.3 is 6.09 Å². The van der Waals surface area contributed by atoms with Crippen LogP contribution in [0.5, 0.6) is 0 Å². The Hall–Kier alpha value is -2.30. The van der Waals surface area contributed by atoms with Gasteiger partial charge in [-0.1, -0.05) is 6.08 Å². The van der Waals surface area contributed by atoms with E-state index in [4.69, 9.17) is 10.5 Å². The lowest BCUT2D eigenvalue weighted by Gasteiger charge is -2.27. The molecule has 0 atom stereocenters. The maximum atomic E-state index is 12.1. The van der Waals surface area contributed by atoms with E-state index in [1.165, 1.54) is 0 Å². The lowest BCUT2D eigenvalue weighted by atomic mass is 9.98. The van der Waals surface area contributed by atoms with Crippen molar-refractivity contribution in [3.63, 3.8) is 0 Å². The molecule has 0 spiro atoms. The van der Waals surface area contributed by atoms with Crippen molar-refractivity contribution in [1.29, 1.82) is 0 Å². The van der Waals surface area contributed by atoms with Crippen molar-refractivity contribution < 1.29 is 9.53 Å². The van der Waals surface area contributed by atoms with Gasteiger partial charge < -0.3 is 10.5 Å². The molecule has 0 radical (unpaired) electrons. The van der Waals surface area contributed by atoms with Crippen LogP contribution in [0.2, 0.25) is 0 Å². The molecule has 0 aromatic carbocycles. The number of hydrogen-bond acceptors (Lipinski definition) is 4. The Morgan fingerprint density at radius 3 is 2.67 bits per heavy atom. The first-order valence-corrected chi connectivity index (χ1v) is 6.86. The number of amides is 1. The number of nitrogens with zero attached hydrogens (tertiary/aromatic N) is 2. The zero-order chi connectivity index (χ0) is 15.6. The summed E-state index contributed by atoms with van der Waals surface area (Å²) in [5, 5.41) is 0. The Morgan fingerprint density at radius 2 is 2.10 bits per heavy atom. The zero-order valence-electron chi connectivity index (χ0n) is 12.9. The third-order valence-corrected chi connectivity index (χ3v) is 2.96. The van der Waals surface area contributed by atoms with Crippen molar-refractivity contribution in [1.82, 2.24) is 9.88 Å². The van der Waals surface area contributed by atoms with Gasteiger partial charge in [0, 0.05) is 30.7 Å². The number of nitrogen functional groups attached to an aromatic ring is 1. The Labute approximate surface area is 125 Å². The van der Waals surface area contributed by atoms with Gasteiger partial charge in [0.05, 0.1) is 5.69 Å². The molecule has 0 fully saturated rings. The van der Waals surface area contributed by atoms with Gasteiger partial charge in [-0.3, -0.25) is 9.88 Å². The molecule has 1 aliphatic heterocycles. The SMILES string of the molecule is CC1=CN(C(=O)OC(C)(C)C)CC=C1c1cncc(N)c1. The van der Waals surface area contributed by atoms with Crippen LogP contribution in [0.25, 0.3) is 5.57 Å². The number of aromatic nitrogens is 1. The maximum absolute atomic E-state index is 12.1. The summed E-state index contributed by atoms with van der Waals surface area (Å²) in [5.41, 5.74) is 8.84. The molecule has 1 aliphatic rings. The van der Waals surface area contributed by atoms with Crippen molar-refractivity contribution in [2.45, 2.75) is 33.3 Å². The van der Waals surface area contributed by atoms with E-state index in [-0.39, 0.29) is 6.09 Å². The van der Waals surface area contributed by atoms with Crippen LogP contribution >= 0.6 is 0 Å². The smallest absolute Gasteiger partial charge is 0.414 e. The molecule has 5 heteroatoms. The van der Waals surface area contributed by atoms with E-state index in [2.05, 4.69) is 4.98 Å². The highest BCUT2D eigenvalue weighted by atomic mass is 16.6. The van der Waals surface area contributed by atoms with Crippen LogP contribution < -0.4 is 5.73 Å². The average molecular weight is 287 g/mol. The lowest BCUT2D eigenvalue weighted by molar-refractivity contribution is 0.0349. The summed E-state index contributed by atoms with van der Waals surface area (Å²) in [6, 6.07) is 1.87. The van der Waals surface area contributed by atoms with Crippen LogP contribution in [0, 0.1) is 0 Å². The molecule has 2 N–H and O–H groups in total.